The minimum atomic E-state index is -0.295. The first kappa shape index (κ1) is 12.4. The maximum Gasteiger partial charge on any atom is 0.225 e. The lowest BCUT2D eigenvalue weighted by atomic mass is 9.95. The van der Waals surface area contributed by atoms with Crippen LogP contribution in [0.15, 0.2) is 0 Å². The van der Waals surface area contributed by atoms with Gasteiger partial charge in [0.2, 0.25) is 5.91 Å². The van der Waals surface area contributed by atoms with Gasteiger partial charge in [-0.2, -0.15) is 0 Å². The molecule has 0 radical (unpaired) electrons. The number of nitrogens with two attached hydrogens (primary N) is 1. The fourth-order valence-corrected chi connectivity index (χ4v) is 0.840. The van der Waals surface area contributed by atoms with Crippen LogP contribution in [0.25, 0.3) is 0 Å². The van der Waals surface area contributed by atoms with Crippen LogP contribution in [0, 0.1) is 5.41 Å². The summed E-state index contributed by atoms with van der Waals surface area (Å²) in [5.74, 6) is 0.0933. The van der Waals surface area contributed by atoms with Crippen molar-refractivity contribution in [2.45, 2.75) is 46.6 Å². The molecule has 13 heavy (non-hydrogen) atoms. The molecule has 0 aliphatic carbocycles. The Morgan fingerprint density at radius 3 is 2.38 bits per heavy atom. The highest BCUT2D eigenvalue weighted by Crippen LogP contribution is 2.12. The second-order valence-corrected chi connectivity index (χ2v) is 4.46. The third-order valence-electron chi connectivity index (χ3n) is 2.01. The fraction of sp³-hybridized carbons (Fsp3) is 0.900. The van der Waals surface area contributed by atoms with Gasteiger partial charge in [0.15, 0.2) is 0 Å². The van der Waals surface area contributed by atoms with Crippen LogP contribution < -0.4 is 11.1 Å². The zero-order valence-corrected chi connectivity index (χ0v) is 9.18. The van der Waals surface area contributed by atoms with Gasteiger partial charge in [-0.1, -0.05) is 27.7 Å². The molecule has 0 aliphatic rings. The molecule has 0 saturated carbocycles. The van der Waals surface area contributed by atoms with Crippen molar-refractivity contribution in [3.8, 4) is 0 Å². The van der Waals surface area contributed by atoms with Gasteiger partial charge in [0.25, 0.3) is 0 Å². The minimum absolute atomic E-state index is 0.0933. The Kier molecular flexibility index (Phi) is 4.99. The zero-order chi connectivity index (χ0) is 10.5. The number of carbonyl (C=O) groups is 1. The highest BCUT2D eigenvalue weighted by Gasteiger charge is 2.20. The Hall–Kier alpha value is -0.570. The van der Waals surface area contributed by atoms with E-state index in [1.54, 1.807) is 0 Å². The molecule has 78 valence electrons. The molecule has 0 rings (SSSR count). The molecule has 3 N–H and O–H groups in total. The lowest BCUT2D eigenvalue weighted by Gasteiger charge is -2.18. The quantitative estimate of drug-likeness (QED) is 0.695. The van der Waals surface area contributed by atoms with Crippen LogP contribution in [0.3, 0.4) is 0 Å². The summed E-state index contributed by atoms with van der Waals surface area (Å²) in [5.41, 5.74) is 5.42. The molecule has 0 aromatic rings. The highest BCUT2D eigenvalue weighted by atomic mass is 16.2. The predicted octanol–water partition coefficient (Wildman–Crippen LogP) is 1.28. The molecule has 1 atom stereocenters. The molecule has 0 aliphatic heterocycles. The van der Waals surface area contributed by atoms with E-state index in [9.17, 15) is 4.79 Å². The second kappa shape index (κ2) is 5.22. The van der Waals surface area contributed by atoms with Gasteiger partial charge in [-0.25, -0.2) is 0 Å². The van der Waals surface area contributed by atoms with Crippen molar-refractivity contribution in [3.63, 3.8) is 0 Å². The smallest absolute Gasteiger partial charge is 0.225 e. The molecular weight excluding hydrogens is 164 g/mol. The second-order valence-electron chi connectivity index (χ2n) is 4.46. The molecule has 3 heteroatoms. The van der Waals surface area contributed by atoms with E-state index in [1.807, 2.05) is 20.8 Å². The average Bonchev–Trinajstić information content (AvgIpc) is 2.02. The molecule has 0 spiro atoms. The lowest BCUT2D eigenvalue weighted by Crippen LogP contribution is -2.37. The van der Waals surface area contributed by atoms with Gasteiger partial charge in [0.05, 0.1) is 0 Å². The molecule has 3 nitrogen and oxygen atoms in total. The first-order chi connectivity index (χ1) is 5.88. The normalized spacial score (nSPS) is 13.9. The van der Waals surface area contributed by atoms with Gasteiger partial charge >= 0.3 is 0 Å². The van der Waals surface area contributed by atoms with Crippen molar-refractivity contribution in [1.29, 1.82) is 0 Å². The summed E-state index contributed by atoms with van der Waals surface area (Å²) in [7, 11) is 0. The maximum atomic E-state index is 11.4. The number of nitrogens with one attached hydrogen (secondary N) is 1. The third-order valence-corrected chi connectivity index (χ3v) is 2.01. The number of carbonyl (C=O) groups excluding carboxylic acids is 1. The van der Waals surface area contributed by atoms with E-state index in [0.717, 1.165) is 12.8 Å². The third kappa shape index (κ3) is 5.64. The monoisotopic (exact) mass is 186 g/mol. The Labute approximate surface area is 81.1 Å². The van der Waals surface area contributed by atoms with E-state index in [4.69, 9.17) is 5.73 Å². The van der Waals surface area contributed by atoms with Crippen molar-refractivity contribution in [2.75, 3.05) is 6.54 Å². The SMILES string of the molecule is CCC(N)CCNC(=O)C(C)(C)C. The van der Waals surface area contributed by atoms with E-state index in [-0.39, 0.29) is 17.4 Å². The summed E-state index contributed by atoms with van der Waals surface area (Å²) in [6.07, 6.45) is 1.82. The van der Waals surface area contributed by atoms with E-state index in [2.05, 4.69) is 12.2 Å². The molecule has 1 unspecified atom stereocenters. The van der Waals surface area contributed by atoms with E-state index in [0.29, 0.717) is 6.54 Å². The van der Waals surface area contributed by atoms with Crippen LogP contribution in [0.2, 0.25) is 0 Å². The summed E-state index contributed by atoms with van der Waals surface area (Å²) in [5, 5.41) is 2.87. The molecule has 0 aromatic heterocycles. The van der Waals surface area contributed by atoms with Gasteiger partial charge < -0.3 is 11.1 Å². The number of amides is 1. The summed E-state index contributed by atoms with van der Waals surface area (Å²) in [4.78, 5) is 11.4. The topological polar surface area (TPSA) is 55.1 Å². The summed E-state index contributed by atoms with van der Waals surface area (Å²) >= 11 is 0. The van der Waals surface area contributed by atoms with Crippen molar-refractivity contribution in [3.05, 3.63) is 0 Å². The largest absolute Gasteiger partial charge is 0.356 e. The van der Waals surface area contributed by atoms with Gasteiger partial charge in [-0.05, 0) is 12.8 Å². The van der Waals surface area contributed by atoms with Crippen LogP contribution in [-0.4, -0.2) is 18.5 Å². The van der Waals surface area contributed by atoms with Crippen molar-refractivity contribution < 1.29 is 4.79 Å². The van der Waals surface area contributed by atoms with Crippen molar-refractivity contribution in [1.82, 2.24) is 5.32 Å². The Morgan fingerprint density at radius 1 is 1.46 bits per heavy atom. The molecule has 0 saturated heterocycles. The summed E-state index contributed by atoms with van der Waals surface area (Å²) in [6, 6.07) is 0.209. The van der Waals surface area contributed by atoms with Crippen molar-refractivity contribution >= 4 is 5.91 Å². The number of hydrogen-bond acceptors (Lipinski definition) is 2. The Morgan fingerprint density at radius 2 is 2.00 bits per heavy atom. The van der Waals surface area contributed by atoms with Crippen LogP contribution in [-0.2, 0) is 4.79 Å². The Bertz CT molecular complexity index is 161. The first-order valence-corrected chi connectivity index (χ1v) is 4.91. The number of rotatable bonds is 4. The molecular formula is C10H22N2O. The van der Waals surface area contributed by atoms with Crippen LogP contribution >= 0.6 is 0 Å². The standard InChI is InChI=1S/C10H22N2O/c1-5-8(11)6-7-12-9(13)10(2,3)4/h8H,5-7,11H2,1-4H3,(H,12,13). The summed E-state index contributed by atoms with van der Waals surface area (Å²) in [6.45, 7) is 8.45. The molecule has 1 amide bonds. The Balaban J connectivity index is 3.60. The average molecular weight is 186 g/mol. The zero-order valence-electron chi connectivity index (χ0n) is 9.18. The van der Waals surface area contributed by atoms with Gasteiger partial charge in [0, 0.05) is 18.0 Å². The fourth-order valence-electron chi connectivity index (χ4n) is 0.840. The van der Waals surface area contributed by atoms with E-state index < -0.39 is 0 Å². The summed E-state index contributed by atoms with van der Waals surface area (Å²) < 4.78 is 0. The van der Waals surface area contributed by atoms with Gasteiger partial charge in [0.1, 0.15) is 0 Å². The molecule has 0 fully saturated rings. The predicted molar refractivity (Wildman–Crippen MR) is 55.3 cm³/mol. The first-order valence-electron chi connectivity index (χ1n) is 4.91. The van der Waals surface area contributed by atoms with E-state index in [1.165, 1.54) is 0 Å². The maximum absolute atomic E-state index is 11.4. The minimum Gasteiger partial charge on any atom is -0.356 e. The molecule has 0 heterocycles. The van der Waals surface area contributed by atoms with Crippen LogP contribution in [0.5, 0.6) is 0 Å². The highest BCUT2D eigenvalue weighted by molar-refractivity contribution is 5.81. The van der Waals surface area contributed by atoms with Crippen LogP contribution in [0.1, 0.15) is 40.5 Å². The van der Waals surface area contributed by atoms with E-state index >= 15 is 0 Å². The van der Waals surface area contributed by atoms with Gasteiger partial charge in [-0.15, -0.1) is 0 Å². The van der Waals surface area contributed by atoms with Crippen LogP contribution in [0.4, 0.5) is 0 Å². The number of hydrogen-bond donors (Lipinski definition) is 2. The van der Waals surface area contributed by atoms with Gasteiger partial charge in [-0.3, -0.25) is 4.79 Å². The lowest BCUT2D eigenvalue weighted by molar-refractivity contribution is -0.128. The van der Waals surface area contributed by atoms with Crippen molar-refractivity contribution in [2.24, 2.45) is 11.1 Å². The molecule has 0 bridgehead atoms. The molecule has 0 aromatic carbocycles.